The highest BCUT2D eigenvalue weighted by Gasteiger charge is 2.38. The summed E-state index contributed by atoms with van der Waals surface area (Å²) in [5.74, 6) is 3.06. The fraction of sp³-hybridized carbons (Fsp3) is 0.486. The SMILES string of the molecule is CCCCC[C@H](C)CCC[C@H]1Cc2cc(O)ccc2-c2c(OC)cc3c(c21)C[C@@H](O)[C@H](c1ccc(O)c(OC)c1)O3. The van der Waals surface area contributed by atoms with Crippen molar-refractivity contribution in [2.75, 3.05) is 14.2 Å². The summed E-state index contributed by atoms with van der Waals surface area (Å²) < 4.78 is 17.8. The molecule has 0 saturated carbocycles. The van der Waals surface area contributed by atoms with Crippen LogP contribution in [-0.2, 0) is 12.8 Å². The molecule has 0 aromatic heterocycles. The molecule has 41 heavy (non-hydrogen) atoms. The van der Waals surface area contributed by atoms with Gasteiger partial charge in [-0.1, -0.05) is 64.5 Å². The zero-order valence-electron chi connectivity index (χ0n) is 24.8. The second kappa shape index (κ2) is 12.6. The maximum absolute atomic E-state index is 11.4. The summed E-state index contributed by atoms with van der Waals surface area (Å²) >= 11 is 0. The lowest BCUT2D eigenvalue weighted by molar-refractivity contribution is 0.0201. The minimum absolute atomic E-state index is 0.0462. The molecule has 1 aliphatic heterocycles. The van der Waals surface area contributed by atoms with Gasteiger partial charge in [-0.25, -0.2) is 0 Å². The first-order valence-electron chi connectivity index (χ1n) is 15.1. The van der Waals surface area contributed by atoms with Crippen molar-refractivity contribution in [2.24, 2.45) is 5.92 Å². The van der Waals surface area contributed by atoms with Crippen LogP contribution in [0.5, 0.6) is 28.7 Å². The third kappa shape index (κ3) is 5.99. The summed E-state index contributed by atoms with van der Waals surface area (Å²) in [6.07, 6.45) is 8.37. The number of methoxy groups -OCH3 is 2. The minimum Gasteiger partial charge on any atom is -0.508 e. The lowest BCUT2D eigenvalue weighted by Gasteiger charge is -2.37. The molecular weight excluding hydrogens is 516 g/mol. The van der Waals surface area contributed by atoms with Gasteiger partial charge in [0, 0.05) is 23.6 Å². The standard InChI is InChI=1S/C35H44O6/c1-5-6-7-9-21(2)10-8-11-22-16-24-17-25(36)13-14-26(24)34-32(40-4)20-30-27(33(22)34)19-29(38)35(41-30)23-12-15-28(37)31(18-23)39-3/h12-15,17-18,20-22,29,35-38H,5-11,16,19H2,1-4H3/t21-,22-,29+,35-/m0/s1. The van der Waals surface area contributed by atoms with E-state index in [1.165, 1.54) is 44.8 Å². The van der Waals surface area contributed by atoms with Gasteiger partial charge in [0.05, 0.1) is 20.3 Å². The summed E-state index contributed by atoms with van der Waals surface area (Å²) in [6, 6.07) is 12.6. The van der Waals surface area contributed by atoms with Gasteiger partial charge in [-0.3, -0.25) is 0 Å². The van der Waals surface area contributed by atoms with Crippen molar-refractivity contribution in [2.45, 2.75) is 89.8 Å². The van der Waals surface area contributed by atoms with Crippen LogP contribution in [0.2, 0.25) is 0 Å². The number of aromatic hydroxyl groups is 2. The number of hydrogen-bond donors (Lipinski definition) is 3. The third-order valence-corrected chi connectivity index (χ3v) is 8.95. The Morgan fingerprint density at radius 3 is 2.46 bits per heavy atom. The second-order valence-corrected chi connectivity index (χ2v) is 11.9. The maximum atomic E-state index is 11.4. The number of rotatable bonds is 11. The molecule has 0 fully saturated rings. The fourth-order valence-corrected chi connectivity index (χ4v) is 6.80. The predicted molar refractivity (Wildman–Crippen MR) is 161 cm³/mol. The summed E-state index contributed by atoms with van der Waals surface area (Å²) in [7, 11) is 3.19. The van der Waals surface area contributed by atoms with Crippen LogP contribution in [0.3, 0.4) is 0 Å². The van der Waals surface area contributed by atoms with Crippen molar-refractivity contribution in [3.8, 4) is 39.9 Å². The van der Waals surface area contributed by atoms with Crippen LogP contribution in [0.15, 0.2) is 42.5 Å². The van der Waals surface area contributed by atoms with E-state index in [9.17, 15) is 15.3 Å². The largest absolute Gasteiger partial charge is 0.508 e. The van der Waals surface area contributed by atoms with Crippen LogP contribution in [0.25, 0.3) is 11.1 Å². The highest BCUT2D eigenvalue weighted by molar-refractivity contribution is 5.83. The van der Waals surface area contributed by atoms with Gasteiger partial charge in [0.15, 0.2) is 11.5 Å². The topological polar surface area (TPSA) is 88.4 Å². The Balaban J connectivity index is 1.51. The molecule has 0 radical (unpaired) electrons. The minimum atomic E-state index is -0.769. The number of benzene rings is 3. The normalized spacial score (nSPS) is 19.9. The molecule has 3 aromatic rings. The summed E-state index contributed by atoms with van der Waals surface area (Å²) in [4.78, 5) is 0. The number of unbranched alkanes of at least 4 members (excludes halogenated alkanes) is 2. The molecular formula is C35H44O6. The first kappa shape index (κ1) is 29.1. The molecule has 1 aliphatic carbocycles. The monoisotopic (exact) mass is 560 g/mol. The lowest BCUT2D eigenvalue weighted by Crippen LogP contribution is -2.32. The molecule has 6 nitrogen and oxygen atoms in total. The molecule has 4 atom stereocenters. The van der Waals surface area contributed by atoms with Crippen LogP contribution in [0, 0.1) is 5.92 Å². The molecule has 2 aliphatic rings. The molecule has 3 N–H and O–H groups in total. The molecule has 0 spiro atoms. The van der Waals surface area contributed by atoms with Crippen LogP contribution in [0.1, 0.15) is 93.1 Å². The first-order valence-corrected chi connectivity index (χ1v) is 15.1. The van der Waals surface area contributed by atoms with Crippen molar-refractivity contribution in [3.05, 3.63) is 64.7 Å². The average molecular weight is 561 g/mol. The van der Waals surface area contributed by atoms with Crippen molar-refractivity contribution >= 4 is 0 Å². The lowest BCUT2D eigenvalue weighted by atomic mass is 9.72. The van der Waals surface area contributed by atoms with Gasteiger partial charge in [0.1, 0.15) is 23.4 Å². The molecule has 3 aromatic carbocycles. The Hall–Kier alpha value is -3.38. The molecule has 0 saturated heterocycles. The maximum Gasteiger partial charge on any atom is 0.160 e. The first-order chi connectivity index (χ1) is 19.8. The molecule has 0 unspecified atom stereocenters. The number of ether oxygens (including phenoxy) is 3. The van der Waals surface area contributed by atoms with E-state index in [4.69, 9.17) is 14.2 Å². The molecule has 6 heteroatoms. The second-order valence-electron chi connectivity index (χ2n) is 11.9. The van der Waals surface area contributed by atoms with Gasteiger partial charge in [-0.15, -0.1) is 0 Å². The Bertz CT molecular complexity index is 1370. The number of fused-ring (bicyclic) bond motifs is 5. The van der Waals surface area contributed by atoms with Gasteiger partial charge in [0.25, 0.3) is 0 Å². The summed E-state index contributed by atoms with van der Waals surface area (Å²) in [5.41, 5.74) is 6.23. The van der Waals surface area contributed by atoms with Crippen molar-refractivity contribution < 1.29 is 29.5 Å². The van der Waals surface area contributed by atoms with E-state index in [1.807, 2.05) is 18.2 Å². The van der Waals surface area contributed by atoms with E-state index in [0.29, 0.717) is 18.1 Å². The van der Waals surface area contributed by atoms with Crippen LogP contribution < -0.4 is 14.2 Å². The van der Waals surface area contributed by atoms with Gasteiger partial charge in [-0.2, -0.15) is 0 Å². The van der Waals surface area contributed by atoms with Gasteiger partial charge in [0.2, 0.25) is 0 Å². The molecule has 0 amide bonds. The van der Waals surface area contributed by atoms with Gasteiger partial charge < -0.3 is 29.5 Å². The van der Waals surface area contributed by atoms with Crippen molar-refractivity contribution in [1.82, 2.24) is 0 Å². The molecule has 0 bridgehead atoms. The Kier molecular flexibility index (Phi) is 8.98. The molecule has 5 rings (SSSR count). The highest BCUT2D eigenvalue weighted by Crippen LogP contribution is 2.53. The van der Waals surface area contributed by atoms with Crippen molar-refractivity contribution in [3.63, 3.8) is 0 Å². The summed E-state index contributed by atoms with van der Waals surface area (Å²) in [6.45, 7) is 4.62. The molecule has 220 valence electrons. The number of phenols is 2. The Morgan fingerprint density at radius 1 is 0.927 bits per heavy atom. The zero-order chi connectivity index (χ0) is 29.1. The number of aliphatic hydroxyl groups is 1. The van der Waals surface area contributed by atoms with Crippen LogP contribution in [0.4, 0.5) is 0 Å². The number of hydrogen-bond acceptors (Lipinski definition) is 6. The zero-order valence-corrected chi connectivity index (χ0v) is 24.8. The third-order valence-electron chi connectivity index (χ3n) is 8.95. The van der Waals surface area contributed by atoms with Gasteiger partial charge in [-0.05, 0) is 71.2 Å². The van der Waals surface area contributed by atoms with E-state index in [2.05, 4.69) is 13.8 Å². The average Bonchev–Trinajstić information content (AvgIpc) is 2.96. The Labute approximate surface area is 243 Å². The van der Waals surface area contributed by atoms with E-state index >= 15 is 0 Å². The van der Waals surface area contributed by atoms with Gasteiger partial charge >= 0.3 is 0 Å². The van der Waals surface area contributed by atoms with E-state index in [-0.39, 0.29) is 17.4 Å². The molecule has 1 heterocycles. The summed E-state index contributed by atoms with van der Waals surface area (Å²) in [5, 5.41) is 31.8. The number of phenolic OH excluding ortho intramolecular Hbond substituents is 2. The van der Waals surface area contributed by atoms with Crippen LogP contribution in [-0.4, -0.2) is 35.6 Å². The van der Waals surface area contributed by atoms with E-state index < -0.39 is 12.2 Å². The van der Waals surface area contributed by atoms with Crippen molar-refractivity contribution in [1.29, 1.82) is 0 Å². The predicted octanol–water partition coefficient (Wildman–Crippen LogP) is 7.85. The number of aliphatic hydroxyl groups excluding tert-OH is 1. The smallest absolute Gasteiger partial charge is 0.160 e. The van der Waals surface area contributed by atoms with Crippen LogP contribution >= 0.6 is 0 Å². The highest BCUT2D eigenvalue weighted by atomic mass is 16.5. The van der Waals surface area contributed by atoms with E-state index in [1.54, 1.807) is 31.4 Å². The Morgan fingerprint density at radius 2 is 1.71 bits per heavy atom. The van der Waals surface area contributed by atoms with E-state index in [0.717, 1.165) is 58.6 Å². The fourth-order valence-electron chi connectivity index (χ4n) is 6.80. The quantitative estimate of drug-likeness (QED) is 0.207.